The zero-order valence-electron chi connectivity index (χ0n) is 11.3. The van der Waals surface area contributed by atoms with Crippen LogP contribution in [0.5, 0.6) is 0 Å². The molecule has 16 heavy (non-hydrogen) atoms. The molecule has 0 aliphatic heterocycles. The van der Waals surface area contributed by atoms with Crippen LogP contribution in [-0.2, 0) is 4.74 Å². The summed E-state index contributed by atoms with van der Waals surface area (Å²) >= 11 is 0. The van der Waals surface area contributed by atoms with Gasteiger partial charge in [-0.05, 0) is 49.4 Å². The molecule has 96 valence electrons. The van der Waals surface area contributed by atoms with Crippen molar-refractivity contribution in [1.82, 2.24) is 0 Å². The lowest BCUT2D eigenvalue weighted by molar-refractivity contribution is 0.00452. The molecule has 2 nitrogen and oxygen atoms in total. The van der Waals surface area contributed by atoms with E-state index in [1.165, 1.54) is 12.8 Å². The van der Waals surface area contributed by atoms with Crippen LogP contribution in [0.25, 0.3) is 0 Å². The smallest absolute Gasteiger partial charge is 0.0571 e. The number of hydrogen-bond donors (Lipinski definition) is 1. The second kappa shape index (κ2) is 6.61. The Morgan fingerprint density at radius 3 is 2.50 bits per heavy atom. The van der Waals surface area contributed by atoms with E-state index in [1.807, 2.05) is 0 Å². The molecule has 0 aromatic heterocycles. The average molecular weight is 228 g/mol. The highest BCUT2D eigenvalue weighted by Crippen LogP contribution is 2.38. The van der Waals surface area contributed by atoms with E-state index in [1.54, 1.807) is 7.11 Å². The van der Waals surface area contributed by atoms with Crippen molar-refractivity contribution in [3.63, 3.8) is 0 Å². The Bertz CT molecular complexity index is 191. The zero-order valence-corrected chi connectivity index (χ0v) is 11.3. The largest absolute Gasteiger partial charge is 0.393 e. The molecular formula is C14H28O2. The van der Waals surface area contributed by atoms with Crippen molar-refractivity contribution in [2.75, 3.05) is 13.7 Å². The first-order chi connectivity index (χ1) is 7.56. The van der Waals surface area contributed by atoms with Gasteiger partial charge in [0, 0.05) is 13.7 Å². The Hall–Kier alpha value is -0.0800. The number of hydrogen-bond acceptors (Lipinski definition) is 2. The first-order valence-electron chi connectivity index (χ1n) is 6.73. The fraction of sp³-hybridized carbons (Fsp3) is 1.00. The Kier molecular flexibility index (Phi) is 5.77. The van der Waals surface area contributed by atoms with Gasteiger partial charge in [-0.3, -0.25) is 0 Å². The minimum absolute atomic E-state index is 0.0816. The maximum atomic E-state index is 10.1. The Morgan fingerprint density at radius 1 is 1.25 bits per heavy atom. The number of methoxy groups -OCH3 is 1. The van der Waals surface area contributed by atoms with E-state index in [4.69, 9.17) is 4.74 Å². The molecule has 0 bridgehead atoms. The SMILES string of the molecule is COCCC(C)C1CC(C(C)C)CCC1O. The predicted octanol–water partition coefficient (Wildman–Crippen LogP) is 3.09. The van der Waals surface area contributed by atoms with E-state index in [-0.39, 0.29) is 6.10 Å². The summed E-state index contributed by atoms with van der Waals surface area (Å²) in [4.78, 5) is 0. The standard InChI is InChI=1S/C14H28O2/c1-10(2)12-5-6-14(15)13(9-12)11(3)7-8-16-4/h10-15H,5-9H2,1-4H3. The summed E-state index contributed by atoms with van der Waals surface area (Å²) in [7, 11) is 1.75. The van der Waals surface area contributed by atoms with Crippen LogP contribution in [0.2, 0.25) is 0 Å². The molecule has 0 spiro atoms. The van der Waals surface area contributed by atoms with Crippen LogP contribution in [0.1, 0.15) is 46.5 Å². The van der Waals surface area contributed by atoms with E-state index in [0.29, 0.717) is 11.8 Å². The van der Waals surface area contributed by atoms with Gasteiger partial charge in [0.05, 0.1) is 6.10 Å². The van der Waals surface area contributed by atoms with Crippen LogP contribution in [0.15, 0.2) is 0 Å². The first kappa shape index (κ1) is 14.0. The molecule has 0 aromatic rings. The number of aliphatic hydroxyl groups excluding tert-OH is 1. The third kappa shape index (κ3) is 3.74. The van der Waals surface area contributed by atoms with Gasteiger partial charge in [-0.15, -0.1) is 0 Å². The molecular weight excluding hydrogens is 200 g/mol. The van der Waals surface area contributed by atoms with E-state index >= 15 is 0 Å². The molecule has 0 radical (unpaired) electrons. The highest BCUT2D eigenvalue weighted by molar-refractivity contribution is 4.84. The Labute approximate surface area is 100 Å². The first-order valence-corrected chi connectivity index (χ1v) is 6.73. The summed E-state index contributed by atoms with van der Waals surface area (Å²) in [5.74, 6) is 2.62. The van der Waals surface area contributed by atoms with E-state index in [2.05, 4.69) is 20.8 Å². The van der Waals surface area contributed by atoms with Crippen LogP contribution < -0.4 is 0 Å². The predicted molar refractivity (Wildman–Crippen MR) is 67.3 cm³/mol. The molecule has 0 heterocycles. The highest BCUT2D eigenvalue weighted by atomic mass is 16.5. The molecule has 1 N–H and O–H groups in total. The molecule has 4 atom stereocenters. The summed E-state index contributed by atoms with van der Waals surface area (Å²) in [6.07, 6.45) is 4.38. The summed E-state index contributed by atoms with van der Waals surface area (Å²) in [5.41, 5.74) is 0. The Morgan fingerprint density at radius 2 is 1.94 bits per heavy atom. The van der Waals surface area contributed by atoms with Gasteiger partial charge in [-0.25, -0.2) is 0 Å². The average Bonchev–Trinajstić information content (AvgIpc) is 2.26. The molecule has 1 aliphatic rings. The maximum absolute atomic E-state index is 10.1. The molecule has 4 unspecified atom stereocenters. The Balaban J connectivity index is 2.48. The summed E-state index contributed by atoms with van der Waals surface area (Å²) < 4.78 is 5.13. The van der Waals surface area contributed by atoms with Crippen molar-refractivity contribution >= 4 is 0 Å². The molecule has 1 fully saturated rings. The van der Waals surface area contributed by atoms with Gasteiger partial charge in [0.1, 0.15) is 0 Å². The molecule has 0 aromatic carbocycles. The van der Waals surface area contributed by atoms with Gasteiger partial charge < -0.3 is 9.84 Å². The van der Waals surface area contributed by atoms with Gasteiger partial charge >= 0.3 is 0 Å². The third-order valence-electron chi connectivity index (χ3n) is 4.35. The molecule has 1 saturated carbocycles. The number of aliphatic hydroxyl groups is 1. The van der Waals surface area contributed by atoms with E-state index in [0.717, 1.165) is 31.3 Å². The fourth-order valence-corrected chi connectivity index (χ4v) is 2.96. The van der Waals surface area contributed by atoms with Gasteiger partial charge in [0.2, 0.25) is 0 Å². The normalized spacial score (nSPS) is 33.0. The highest BCUT2D eigenvalue weighted by Gasteiger charge is 2.33. The zero-order chi connectivity index (χ0) is 12.1. The van der Waals surface area contributed by atoms with Crippen LogP contribution >= 0.6 is 0 Å². The van der Waals surface area contributed by atoms with Gasteiger partial charge in [0.15, 0.2) is 0 Å². The minimum Gasteiger partial charge on any atom is -0.393 e. The van der Waals surface area contributed by atoms with Crippen molar-refractivity contribution in [1.29, 1.82) is 0 Å². The maximum Gasteiger partial charge on any atom is 0.0571 e. The minimum atomic E-state index is -0.0816. The van der Waals surface area contributed by atoms with Crippen LogP contribution in [0.3, 0.4) is 0 Å². The topological polar surface area (TPSA) is 29.5 Å². The van der Waals surface area contributed by atoms with Crippen molar-refractivity contribution in [2.45, 2.75) is 52.6 Å². The summed E-state index contributed by atoms with van der Waals surface area (Å²) in [6.45, 7) is 7.69. The molecule has 0 amide bonds. The van der Waals surface area contributed by atoms with Crippen LogP contribution in [0, 0.1) is 23.7 Å². The van der Waals surface area contributed by atoms with Crippen molar-refractivity contribution in [3.05, 3.63) is 0 Å². The molecule has 1 aliphatic carbocycles. The molecule has 0 saturated heterocycles. The van der Waals surface area contributed by atoms with Gasteiger partial charge in [-0.2, -0.15) is 0 Å². The van der Waals surface area contributed by atoms with Crippen LogP contribution in [-0.4, -0.2) is 24.9 Å². The summed E-state index contributed by atoms with van der Waals surface area (Å²) in [6, 6.07) is 0. The lowest BCUT2D eigenvalue weighted by Gasteiger charge is -2.38. The number of rotatable bonds is 5. The lowest BCUT2D eigenvalue weighted by Crippen LogP contribution is -2.35. The van der Waals surface area contributed by atoms with Crippen LogP contribution in [0.4, 0.5) is 0 Å². The lowest BCUT2D eigenvalue weighted by atomic mass is 9.70. The molecule has 1 rings (SSSR count). The van der Waals surface area contributed by atoms with Crippen molar-refractivity contribution in [2.24, 2.45) is 23.7 Å². The van der Waals surface area contributed by atoms with E-state index in [9.17, 15) is 5.11 Å². The van der Waals surface area contributed by atoms with Crippen molar-refractivity contribution in [3.8, 4) is 0 Å². The fourth-order valence-electron chi connectivity index (χ4n) is 2.96. The molecule has 2 heteroatoms. The monoisotopic (exact) mass is 228 g/mol. The van der Waals surface area contributed by atoms with Gasteiger partial charge in [-0.1, -0.05) is 20.8 Å². The van der Waals surface area contributed by atoms with Crippen molar-refractivity contribution < 1.29 is 9.84 Å². The second-order valence-electron chi connectivity index (χ2n) is 5.81. The number of ether oxygens (including phenoxy) is 1. The quantitative estimate of drug-likeness (QED) is 0.783. The van der Waals surface area contributed by atoms with Gasteiger partial charge in [0.25, 0.3) is 0 Å². The van der Waals surface area contributed by atoms with E-state index < -0.39 is 0 Å². The summed E-state index contributed by atoms with van der Waals surface area (Å²) in [5, 5.41) is 10.1. The third-order valence-corrected chi connectivity index (χ3v) is 4.35. The second-order valence-corrected chi connectivity index (χ2v) is 5.81.